The van der Waals surface area contributed by atoms with Crippen LogP contribution in [0, 0.1) is 12.7 Å². The molecule has 0 bridgehead atoms. The summed E-state index contributed by atoms with van der Waals surface area (Å²) in [5.74, 6) is -0.674. The Bertz CT molecular complexity index is 596. The molecule has 1 amide bonds. The molecule has 4 nitrogen and oxygen atoms in total. The quantitative estimate of drug-likeness (QED) is 0.888. The van der Waals surface area contributed by atoms with Crippen molar-refractivity contribution < 1.29 is 9.18 Å². The van der Waals surface area contributed by atoms with E-state index in [1.807, 2.05) is 6.07 Å². The molecule has 0 fully saturated rings. The topological polar surface area (TPSA) is 68.0 Å². The van der Waals surface area contributed by atoms with Gasteiger partial charge in [-0.15, -0.1) is 0 Å². The van der Waals surface area contributed by atoms with Crippen LogP contribution in [0.4, 0.5) is 10.1 Å². The average molecular weight is 259 g/mol. The van der Waals surface area contributed by atoms with Gasteiger partial charge in [-0.05, 0) is 42.3 Å². The van der Waals surface area contributed by atoms with Gasteiger partial charge in [0.1, 0.15) is 11.5 Å². The smallest absolute Gasteiger partial charge is 0.274 e. The molecule has 0 spiro atoms. The molecule has 0 aliphatic rings. The van der Waals surface area contributed by atoms with Gasteiger partial charge >= 0.3 is 0 Å². The average Bonchev–Trinajstić information content (AvgIpc) is 2.41. The molecule has 0 radical (unpaired) electrons. The fourth-order valence-corrected chi connectivity index (χ4v) is 1.71. The van der Waals surface area contributed by atoms with E-state index in [2.05, 4.69) is 10.3 Å². The maximum Gasteiger partial charge on any atom is 0.274 e. The molecule has 2 aromatic rings. The summed E-state index contributed by atoms with van der Waals surface area (Å²) in [4.78, 5) is 16.1. The SMILES string of the molecule is Cc1cc(CN)cnc1C(=O)Nc1ccc(F)cc1. The Balaban J connectivity index is 2.18. The lowest BCUT2D eigenvalue weighted by molar-refractivity contribution is 0.102. The number of pyridine rings is 1. The zero-order valence-corrected chi connectivity index (χ0v) is 10.5. The number of aromatic nitrogens is 1. The fraction of sp³-hybridized carbons (Fsp3) is 0.143. The molecular weight excluding hydrogens is 245 g/mol. The molecule has 19 heavy (non-hydrogen) atoms. The first kappa shape index (κ1) is 13.2. The monoisotopic (exact) mass is 259 g/mol. The highest BCUT2D eigenvalue weighted by atomic mass is 19.1. The number of anilines is 1. The van der Waals surface area contributed by atoms with Crippen molar-refractivity contribution in [2.75, 3.05) is 5.32 Å². The van der Waals surface area contributed by atoms with E-state index in [9.17, 15) is 9.18 Å². The summed E-state index contributed by atoms with van der Waals surface area (Å²) in [6.45, 7) is 2.18. The van der Waals surface area contributed by atoms with Crippen LogP contribution in [0.3, 0.4) is 0 Å². The largest absolute Gasteiger partial charge is 0.326 e. The van der Waals surface area contributed by atoms with E-state index in [1.54, 1.807) is 13.1 Å². The van der Waals surface area contributed by atoms with Crippen LogP contribution in [-0.4, -0.2) is 10.9 Å². The van der Waals surface area contributed by atoms with Crippen molar-refractivity contribution in [3.8, 4) is 0 Å². The van der Waals surface area contributed by atoms with E-state index in [1.165, 1.54) is 24.3 Å². The lowest BCUT2D eigenvalue weighted by Gasteiger charge is -2.08. The van der Waals surface area contributed by atoms with Crippen LogP contribution in [0.1, 0.15) is 21.6 Å². The summed E-state index contributed by atoms with van der Waals surface area (Å²) in [5, 5.41) is 2.66. The Labute approximate surface area is 110 Å². The summed E-state index contributed by atoms with van der Waals surface area (Å²) in [7, 11) is 0. The Morgan fingerprint density at radius 3 is 2.63 bits per heavy atom. The van der Waals surface area contributed by atoms with Gasteiger partial charge in [0, 0.05) is 18.4 Å². The summed E-state index contributed by atoms with van der Waals surface area (Å²) in [6, 6.07) is 7.39. The van der Waals surface area contributed by atoms with Crippen molar-refractivity contribution in [3.63, 3.8) is 0 Å². The number of halogens is 1. The lowest BCUT2D eigenvalue weighted by atomic mass is 10.1. The number of nitrogens with one attached hydrogen (secondary N) is 1. The molecule has 0 atom stereocenters. The molecular formula is C14H14FN3O. The highest BCUT2D eigenvalue weighted by Gasteiger charge is 2.11. The van der Waals surface area contributed by atoms with Gasteiger partial charge < -0.3 is 11.1 Å². The minimum Gasteiger partial charge on any atom is -0.326 e. The van der Waals surface area contributed by atoms with Crippen molar-refractivity contribution >= 4 is 11.6 Å². The Morgan fingerprint density at radius 1 is 1.37 bits per heavy atom. The third kappa shape index (κ3) is 3.14. The van der Waals surface area contributed by atoms with Crippen LogP contribution in [-0.2, 0) is 6.54 Å². The Kier molecular flexibility index (Phi) is 3.87. The number of amides is 1. The first-order valence-electron chi connectivity index (χ1n) is 5.82. The number of hydrogen-bond acceptors (Lipinski definition) is 3. The molecule has 0 unspecified atom stereocenters. The summed E-state index contributed by atoms with van der Waals surface area (Å²) in [5.41, 5.74) is 7.99. The number of rotatable bonds is 3. The van der Waals surface area contributed by atoms with Gasteiger partial charge in [-0.3, -0.25) is 9.78 Å². The van der Waals surface area contributed by atoms with Crippen LogP contribution in [0.25, 0.3) is 0 Å². The third-order valence-corrected chi connectivity index (χ3v) is 2.69. The molecule has 3 N–H and O–H groups in total. The van der Waals surface area contributed by atoms with E-state index >= 15 is 0 Å². The second kappa shape index (κ2) is 5.58. The maximum absolute atomic E-state index is 12.8. The van der Waals surface area contributed by atoms with Crippen LogP contribution < -0.4 is 11.1 Å². The minimum atomic E-state index is -0.348. The highest BCUT2D eigenvalue weighted by molar-refractivity contribution is 6.03. The molecule has 0 saturated heterocycles. The van der Waals surface area contributed by atoms with E-state index in [0.29, 0.717) is 17.9 Å². The molecule has 1 aromatic carbocycles. The number of carbonyl (C=O) groups is 1. The van der Waals surface area contributed by atoms with Crippen molar-refractivity contribution in [2.45, 2.75) is 13.5 Å². The van der Waals surface area contributed by atoms with Gasteiger partial charge in [0.15, 0.2) is 0 Å². The number of hydrogen-bond donors (Lipinski definition) is 2. The maximum atomic E-state index is 12.8. The van der Waals surface area contributed by atoms with Gasteiger partial charge in [-0.25, -0.2) is 4.39 Å². The van der Waals surface area contributed by atoms with Crippen molar-refractivity contribution in [2.24, 2.45) is 5.73 Å². The standard InChI is InChI=1S/C14H14FN3O/c1-9-6-10(7-16)8-17-13(9)14(19)18-12-4-2-11(15)3-5-12/h2-6,8H,7,16H2,1H3,(H,18,19). The number of aryl methyl sites for hydroxylation is 1. The van der Waals surface area contributed by atoms with Gasteiger partial charge in [-0.2, -0.15) is 0 Å². The predicted molar refractivity (Wildman–Crippen MR) is 71.2 cm³/mol. The van der Waals surface area contributed by atoms with E-state index in [4.69, 9.17) is 5.73 Å². The van der Waals surface area contributed by atoms with Gasteiger partial charge in [0.2, 0.25) is 0 Å². The summed E-state index contributed by atoms with van der Waals surface area (Å²) < 4.78 is 12.8. The number of nitrogens with two attached hydrogens (primary N) is 1. The first-order chi connectivity index (χ1) is 9.10. The zero-order chi connectivity index (χ0) is 13.8. The van der Waals surface area contributed by atoms with Crippen molar-refractivity contribution in [1.29, 1.82) is 0 Å². The van der Waals surface area contributed by atoms with Crippen LogP contribution in [0.2, 0.25) is 0 Å². The number of carbonyl (C=O) groups excluding carboxylic acids is 1. The van der Waals surface area contributed by atoms with Gasteiger partial charge in [0.05, 0.1) is 0 Å². The fourth-order valence-electron chi connectivity index (χ4n) is 1.71. The second-order valence-electron chi connectivity index (χ2n) is 4.17. The lowest BCUT2D eigenvalue weighted by Crippen LogP contribution is -2.15. The van der Waals surface area contributed by atoms with E-state index in [-0.39, 0.29) is 11.7 Å². The Hall–Kier alpha value is -2.27. The Morgan fingerprint density at radius 2 is 2.05 bits per heavy atom. The third-order valence-electron chi connectivity index (χ3n) is 2.69. The van der Waals surface area contributed by atoms with E-state index in [0.717, 1.165) is 11.1 Å². The molecule has 1 heterocycles. The van der Waals surface area contributed by atoms with Gasteiger partial charge in [0.25, 0.3) is 5.91 Å². The van der Waals surface area contributed by atoms with Crippen molar-refractivity contribution in [3.05, 3.63) is 59.2 Å². The number of benzene rings is 1. The zero-order valence-electron chi connectivity index (χ0n) is 10.5. The van der Waals surface area contributed by atoms with Crippen molar-refractivity contribution in [1.82, 2.24) is 4.98 Å². The molecule has 0 aliphatic heterocycles. The molecule has 2 rings (SSSR count). The molecule has 0 aliphatic carbocycles. The highest BCUT2D eigenvalue weighted by Crippen LogP contribution is 2.12. The second-order valence-corrected chi connectivity index (χ2v) is 4.17. The minimum absolute atomic E-state index is 0.326. The molecule has 98 valence electrons. The normalized spacial score (nSPS) is 10.3. The van der Waals surface area contributed by atoms with Gasteiger partial charge in [-0.1, -0.05) is 6.07 Å². The summed E-state index contributed by atoms with van der Waals surface area (Å²) in [6.07, 6.45) is 1.58. The number of nitrogens with zero attached hydrogens (tertiary/aromatic N) is 1. The molecule has 5 heteroatoms. The molecule has 0 saturated carbocycles. The predicted octanol–water partition coefficient (Wildman–Crippen LogP) is 2.24. The summed E-state index contributed by atoms with van der Waals surface area (Å²) >= 11 is 0. The first-order valence-corrected chi connectivity index (χ1v) is 5.82. The van der Waals surface area contributed by atoms with Crippen LogP contribution in [0.15, 0.2) is 36.5 Å². The van der Waals surface area contributed by atoms with E-state index < -0.39 is 0 Å². The molecule has 1 aromatic heterocycles. The van der Waals surface area contributed by atoms with Crippen LogP contribution in [0.5, 0.6) is 0 Å². The van der Waals surface area contributed by atoms with Crippen LogP contribution >= 0.6 is 0 Å².